The topological polar surface area (TPSA) is 32.5 Å². The van der Waals surface area contributed by atoms with Gasteiger partial charge in [0.15, 0.2) is 0 Å². The van der Waals surface area contributed by atoms with Crippen LogP contribution in [0.15, 0.2) is 0 Å². The maximum absolute atomic E-state index is 5.96. The fraction of sp³-hybridized carbons (Fsp3) is 1.00. The van der Waals surface area contributed by atoms with Crippen LogP contribution >= 0.6 is 0 Å². The summed E-state index contributed by atoms with van der Waals surface area (Å²) in [5.41, 5.74) is 5.96. The van der Waals surface area contributed by atoms with E-state index < -0.39 is 0 Å². The predicted molar refractivity (Wildman–Crippen MR) is 73.1 cm³/mol. The van der Waals surface area contributed by atoms with Gasteiger partial charge in [0, 0.05) is 18.6 Å². The van der Waals surface area contributed by atoms with Crippen LogP contribution in [0.4, 0.5) is 0 Å². The predicted octanol–water partition coefficient (Wildman–Crippen LogP) is 1.53. The lowest BCUT2D eigenvalue weighted by Crippen LogP contribution is -2.53. The van der Waals surface area contributed by atoms with Crippen LogP contribution in [0.3, 0.4) is 0 Å². The first-order chi connectivity index (χ1) is 8.22. The zero-order valence-corrected chi connectivity index (χ0v) is 11.6. The SMILES string of the molecule is CN(C)C1CCCN(C2CCCCC2CN)C1. The summed E-state index contributed by atoms with van der Waals surface area (Å²) < 4.78 is 0. The number of nitrogens with two attached hydrogens (primary N) is 1. The molecule has 3 nitrogen and oxygen atoms in total. The van der Waals surface area contributed by atoms with Crippen LogP contribution in [0.1, 0.15) is 38.5 Å². The minimum absolute atomic E-state index is 0.754. The van der Waals surface area contributed by atoms with Crippen molar-refractivity contribution < 1.29 is 0 Å². The van der Waals surface area contributed by atoms with Gasteiger partial charge < -0.3 is 10.6 Å². The van der Waals surface area contributed by atoms with Crippen LogP contribution in [-0.4, -0.2) is 55.6 Å². The molecule has 1 saturated heterocycles. The molecule has 17 heavy (non-hydrogen) atoms. The van der Waals surface area contributed by atoms with Gasteiger partial charge in [0.05, 0.1) is 0 Å². The summed E-state index contributed by atoms with van der Waals surface area (Å²) in [4.78, 5) is 5.14. The first kappa shape index (κ1) is 13.3. The molecule has 0 bridgehead atoms. The molecular weight excluding hydrogens is 210 g/mol. The van der Waals surface area contributed by atoms with Crippen LogP contribution in [-0.2, 0) is 0 Å². The Balaban J connectivity index is 1.95. The molecule has 0 amide bonds. The monoisotopic (exact) mass is 239 g/mol. The van der Waals surface area contributed by atoms with Gasteiger partial charge in [-0.05, 0) is 58.8 Å². The van der Waals surface area contributed by atoms with Crippen molar-refractivity contribution >= 4 is 0 Å². The molecule has 1 heterocycles. The smallest absolute Gasteiger partial charge is 0.0217 e. The Hall–Kier alpha value is -0.120. The second-order valence-electron chi connectivity index (χ2n) is 6.10. The number of hydrogen-bond acceptors (Lipinski definition) is 3. The Labute approximate surface area is 106 Å². The van der Waals surface area contributed by atoms with E-state index in [-0.39, 0.29) is 0 Å². The highest BCUT2D eigenvalue weighted by Gasteiger charge is 2.32. The number of rotatable bonds is 3. The molecule has 0 aromatic rings. The number of nitrogens with zero attached hydrogens (tertiary/aromatic N) is 2. The molecule has 0 spiro atoms. The number of piperidine rings is 1. The Morgan fingerprint density at radius 1 is 1.12 bits per heavy atom. The van der Waals surface area contributed by atoms with Crippen LogP contribution in [0.25, 0.3) is 0 Å². The van der Waals surface area contributed by atoms with Crippen molar-refractivity contribution in [1.82, 2.24) is 9.80 Å². The molecule has 1 saturated carbocycles. The molecule has 1 aliphatic heterocycles. The third-order valence-electron chi connectivity index (χ3n) is 4.80. The van der Waals surface area contributed by atoms with Crippen LogP contribution in [0.2, 0.25) is 0 Å². The molecular formula is C14H29N3. The molecule has 2 rings (SSSR count). The van der Waals surface area contributed by atoms with Gasteiger partial charge in [-0.1, -0.05) is 12.8 Å². The second-order valence-corrected chi connectivity index (χ2v) is 6.10. The molecule has 0 aromatic heterocycles. The van der Waals surface area contributed by atoms with E-state index in [0.29, 0.717) is 0 Å². The van der Waals surface area contributed by atoms with Crippen LogP contribution in [0.5, 0.6) is 0 Å². The fourth-order valence-electron chi connectivity index (χ4n) is 3.65. The lowest BCUT2D eigenvalue weighted by Gasteiger charge is -2.45. The van der Waals surface area contributed by atoms with E-state index in [9.17, 15) is 0 Å². The summed E-state index contributed by atoms with van der Waals surface area (Å²) in [6.45, 7) is 3.44. The van der Waals surface area contributed by atoms with Crippen molar-refractivity contribution in [1.29, 1.82) is 0 Å². The first-order valence-corrected chi connectivity index (χ1v) is 7.33. The van der Waals surface area contributed by atoms with E-state index >= 15 is 0 Å². The molecule has 3 heteroatoms. The average molecular weight is 239 g/mol. The summed E-state index contributed by atoms with van der Waals surface area (Å²) in [7, 11) is 4.44. The summed E-state index contributed by atoms with van der Waals surface area (Å²) >= 11 is 0. The second kappa shape index (κ2) is 6.17. The lowest BCUT2D eigenvalue weighted by molar-refractivity contribution is 0.0510. The van der Waals surface area contributed by atoms with Crippen molar-refractivity contribution in [2.75, 3.05) is 33.7 Å². The van der Waals surface area contributed by atoms with Crippen LogP contribution in [0, 0.1) is 5.92 Å². The van der Waals surface area contributed by atoms with Gasteiger partial charge in [-0.15, -0.1) is 0 Å². The van der Waals surface area contributed by atoms with Crippen LogP contribution < -0.4 is 5.73 Å². The lowest BCUT2D eigenvalue weighted by atomic mass is 9.82. The van der Waals surface area contributed by atoms with Crippen molar-refractivity contribution in [3.8, 4) is 0 Å². The van der Waals surface area contributed by atoms with E-state index in [1.54, 1.807) is 0 Å². The van der Waals surface area contributed by atoms with Gasteiger partial charge in [-0.25, -0.2) is 0 Å². The number of hydrogen-bond donors (Lipinski definition) is 1. The highest BCUT2D eigenvalue weighted by molar-refractivity contribution is 4.88. The Morgan fingerprint density at radius 3 is 2.59 bits per heavy atom. The first-order valence-electron chi connectivity index (χ1n) is 7.33. The van der Waals surface area contributed by atoms with Crippen molar-refractivity contribution in [3.05, 3.63) is 0 Å². The minimum atomic E-state index is 0.754. The van der Waals surface area contributed by atoms with Crippen molar-refractivity contribution in [2.24, 2.45) is 11.7 Å². The third-order valence-corrected chi connectivity index (χ3v) is 4.80. The van der Waals surface area contributed by atoms with Gasteiger partial charge in [-0.3, -0.25) is 4.90 Å². The normalized spacial score (nSPS) is 36.4. The molecule has 2 fully saturated rings. The molecule has 3 unspecified atom stereocenters. The quantitative estimate of drug-likeness (QED) is 0.811. The Kier molecular flexibility index (Phi) is 4.83. The minimum Gasteiger partial charge on any atom is -0.330 e. The largest absolute Gasteiger partial charge is 0.330 e. The summed E-state index contributed by atoms with van der Waals surface area (Å²) in [6.07, 6.45) is 8.25. The summed E-state index contributed by atoms with van der Waals surface area (Å²) in [5, 5.41) is 0. The highest BCUT2D eigenvalue weighted by Crippen LogP contribution is 2.30. The van der Waals surface area contributed by atoms with E-state index in [1.807, 2.05) is 0 Å². The van der Waals surface area contributed by atoms with Gasteiger partial charge in [0.2, 0.25) is 0 Å². The van der Waals surface area contributed by atoms with E-state index in [0.717, 1.165) is 24.5 Å². The maximum atomic E-state index is 5.96. The Morgan fingerprint density at radius 2 is 1.88 bits per heavy atom. The van der Waals surface area contributed by atoms with Gasteiger partial charge in [0.25, 0.3) is 0 Å². The van der Waals surface area contributed by atoms with E-state index in [1.165, 1.54) is 51.6 Å². The number of likely N-dealkylation sites (N-methyl/N-ethyl adjacent to an activating group) is 1. The van der Waals surface area contributed by atoms with Gasteiger partial charge >= 0.3 is 0 Å². The zero-order chi connectivity index (χ0) is 12.3. The molecule has 2 aliphatic rings. The Bertz CT molecular complexity index is 230. The maximum Gasteiger partial charge on any atom is 0.0217 e. The summed E-state index contributed by atoms with van der Waals surface area (Å²) in [5.74, 6) is 0.754. The van der Waals surface area contributed by atoms with E-state index in [2.05, 4.69) is 23.9 Å². The molecule has 3 atom stereocenters. The molecule has 0 aromatic carbocycles. The third kappa shape index (κ3) is 3.21. The van der Waals surface area contributed by atoms with Crippen molar-refractivity contribution in [2.45, 2.75) is 50.6 Å². The standard InChI is InChI=1S/C14H29N3/c1-16(2)13-7-5-9-17(11-13)14-8-4-3-6-12(14)10-15/h12-14H,3-11,15H2,1-2H3. The molecule has 100 valence electrons. The summed E-state index contributed by atoms with van der Waals surface area (Å²) in [6, 6.07) is 1.53. The van der Waals surface area contributed by atoms with Gasteiger partial charge in [-0.2, -0.15) is 0 Å². The van der Waals surface area contributed by atoms with Gasteiger partial charge in [0.1, 0.15) is 0 Å². The zero-order valence-electron chi connectivity index (χ0n) is 11.6. The number of likely N-dealkylation sites (tertiary alicyclic amines) is 1. The molecule has 1 aliphatic carbocycles. The molecule has 0 radical (unpaired) electrons. The van der Waals surface area contributed by atoms with Crippen molar-refractivity contribution in [3.63, 3.8) is 0 Å². The van der Waals surface area contributed by atoms with E-state index in [4.69, 9.17) is 5.73 Å². The highest BCUT2D eigenvalue weighted by atomic mass is 15.2. The molecule has 2 N–H and O–H groups in total. The average Bonchev–Trinajstić information content (AvgIpc) is 2.39. The fourth-order valence-corrected chi connectivity index (χ4v) is 3.65.